The molecule has 0 aliphatic heterocycles. The van der Waals surface area contributed by atoms with Gasteiger partial charge in [0.25, 0.3) is 0 Å². The maximum absolute atomic E-state index is 5.90. The SMILES string of the molecule is C[C@@H](NCc1ccc(Cl)s1)c1ccccc1Br. The Morgan fingerprint density at radius 3 is 2.71 bits per heavy atom. The van der Waals surface area contributed by atoms with Crippen LogP contribution in [-0.2, 0) is 6.54 Å². The van der Waals surface area contributed by atoms with Gasteiger partial charge in [0, 0.05) is 21.9 Å². The lowest BCUT2D eigenvalue weighted by Gasteiger charge is -2.15. The first-order chi connectivity index (χ1) is 8.16. The third kappa shape index (κ3) is 3.55. The summed E-state index contributed by atoms with van der Waals surface area (Å²) >= 11 is 11.1. The summed E-state index contributed by atoms with van der Waals surface area (Å²) in [5, 5.41) is 3.49. The molecule has 1 aromatic carbocycles. The summed E-state index contributed by atoms with van der Waals surface area (Å²) in [6.45, 7) is 3.01. The fourth-order valence-electron chi connectivity index (χ4n) is 1.64. The van der Waals surface area contributed by atoms with Gasteiger partial charge in [-0.2, -0.15) is 0 Å². The Morgan fingerprint density at radius 1 is 1.29 bits per heavy atom. The van der Waals surface area contributed by atoms with E-state index in [4.69, 9.17) is 11.6 Å². The molecule has 2 aromatic rings. The molecule has 0 saturated carbocycles. The summed E-state index contributed by atoms with van der Waals surface area (Å²) < 4.78 is 1.99. The predicted octanol–water partition coefficient (Wildman–Crippen LogP) is 5.01. The largest absolute Gasteiger partial charge is 0.305 e. The average molecular weight is 331 g/mol. The molecule has 0 amide bonds. The minimum Gasteiger partial charge on any atom is -0.305 e. The quantitative estimate of drug-likeness (QED) is 0.830. The van der Waals surface area contributed by atoms with E-state index < -0.39 is 0 Å². The van der Waals surface area contributed by atoms with Gasteiger partial charge in [-0.3, -0.25) is 0 Å². The first kappa shape index (κ1) is 13.1. The second-order valence-corrected chi connectivity index (χ2v) is 6.48. The van der Waals surface area contributed by atoms with E-state index in [0.29, 0.717) is 6.04 Å². The number of hydrogen-bond donors (Lipinski definition) is 1. The van der Waals surface area contributed by atoms with E-state index in [1.165, 1.54) is 10.4 Å². The van der Waals surface area contributed by atoms with Crippen molar-refractivity contribution in [2.24, 2.45) is 0 Å². The maximum Gasteiger partial charge on any atom is 0.0931 e. The molecule has 0 bridgehead atoms. The van der Waals surface area contributed by atoms with E-state index in [9.17, 15) is 0 Å². The maximum atomic E-state index is 5.90. The fraction of sp³-hybridized carbons (Fsp3) is 0.231. The predicted molar refractivity (Wildman–Crippen MR) is 78.7 cm³/mol. The Bertz CT molecular complexity index is 498. The monoisotopic (exact) mass is 329 g/mol. The van der Waals surface area contributed by atoms with Crippen LogP contribution < -0.4 is 5.32 Å². The molecule has 0 radical (unpaired) electrons. The summed E-state index contributed by atoms with van der Waals surface area (Å²) in [6.07, 6.45) is 0. The van der Waals surface area contributed by atoms with Crippen LogP contribution in [0, 0.1) is 0 Å². The third-order valence-electron chi connectivity index (χ3n) is 2.58. The minimum atomic E-state index is 0.312. The van der Waals surface area contributed by atoms with Crippen molar-refractivity contribution < 1.29 is 0 Å². The van der Waals surface area contributed by atoms with Crippen molar-refractivity contribution in [2.45, 2.75) is 19.5 Å². The van der Waals surface area contributed by atoms with Crippen molar-refractivity contribution in [3.63, 3.8) is 0 Å². The molecule has 1 N–H and O–H groups in total. The lowest BCUT2D eigenvalue weighted by Crippen LogP contribution is -2.17. The Kier molecular flexibility index (Phi) is 4.62. The van der Waals surface area contributed by atoms with Crippen molar-refractivity contribution in [1.82, 2.24) is 5.32 Å². The molecule has 1 heterocycles. The van der Waals surface area contributed by atoms with Crippen molar-refractivity contribution in [1.29, 1.82) is 0 Å². The second-order valence-electron chi connectivity index (χ2n) is 3.83. The van der Waals surface area contributed by atoms with Crippen LogP contribution in [0.3, 0.4) is 0 Å². The molecule has 1 atom stereocenters. The molecule has 0 saturated heterocycles. The molecule has 0 unspecified atom stereocenters. The number of benzene rings is 1. The molecule has 0 spiro atoms. The van der Waals surface area contributed by atoms with E-state index in [0.717, 1.165) is 15.4 Å². The molecule has 0 aliphatic carbocycles. The van der Waals surface area contributed by atoms with E-state index in [1.807, 2.05) is 12.1 Å². The van der Waals surface area contributed by atoms with Gasteiger partial charge in [-0.25, -0.2) is 0 Å². The van der Waals surface area contributed by atoms with Gasteiger partial charge in [0.1, 0.15) is 0 Å². The van der Waals surface area contributed by atoms with Crippen molar-refractivity contribution in [3.8, 4) is 0 Å². The van der Waals surface area contributed by atoms with Crippen LogP contribution in [0.5, 0.6) is 0 Å². The molecule has 1 nitrogen and oxygen atoms in total. The second kappa shape index (κ2) is 6.01. The van der Waals surface area contributed by atoms with Gasteiger partial charge in [-0.1, -0.05) is 45.7 Å². The average Bonchev–Trinajstić information content (AvgIpc) is 2.73. The van der Waals surface area contributed by atoms with Gasteiger partial charge < -0.3 is 5.32 Å². The molecule has 0 fully saturated rings. The molecule has 90 valence electrons. The highest BCUT2D eigenvalue weighted by Gasteiger charge is 2.08. The Balaban J connectivity index is 1.98. The molecule has 1 aromatic heterocycles. The normalized spacial score (nSPS) is 12.6. The van der Waals surface area contributed by atoms with Crippen LogP contribution in [0.4, 0.5) is 0 Å². The van der Waals surface area contributed by atoms with Gasteiger partial charge in [0.2, 0.25) is 0 Å². The number of halogens is 2. The standard InChI is InChI=1S/C13H13BrClNS/c1-9(11-4-2-3-5-12(11)14)16-8-10-6-7-13(15)17-10/h2-7,9,16H,8H2,1H3/t9-/m1/s1. The molecular weight excluding hydrogens is 318 g/mol. The summed E-state index contributed by atoms with van der Waals surface area (Å²) in [5.41, 5.74) is 1.27. The highest BCUT2D eigenvalue weighted by atomic mass is 79.9. The molecule has 4 heteroatoms. The van der Waals surface area contributed by atoms with Gasteiger partial charge in [-0.05, 0) is 30.7 Å². The summed E-state index contributed by atoms with van der Waals surface area (Å²) in [7, 11) is 0. The topological polar surface area (TPSA) is 12.0 Å². The van der Waals surface area contributed by atoms with Crippen LogP contribution in [0.1, 0.15) is 23.4 Å². The summed E-state index contributed by atoms with van der Waals surface area (Å²) in [5.74, 6) is 0. The molecule has 17 heavy (non-hydrogen) atoms. The molecule has 2 rings (SSSR count). The smallest absolute Gasteiger partial charge is 0.0931 e. The van der Waals surface area contributed by atoms with E-state index in [1.54, 1.807) is 11.3 Å². The Labute approximate surface area is 119 Å². The van der Waals surface area contributed by atoms with Crippen LogP contribution in [0.2, 0.25) is 4.34 Å². The van der Waals surface area contributed by atoms with E-state index in [2.05, 4.69) is 52.4 Å². The zero-order chi connectivity index (χ0) is 12.3. The van der Waals surface area contributed by atoms with Crippen molar-refractivity contribution in [3.05, 3.63) is 55.6 Å². The Hall–Kier alpha value is -0.350. The van der Waals surface area contributed by atoms with Crippen LogP contribution >= 0.6 is 38.9 Å². The van der Waals surface area contributed by atoms with Gasteiger partial charge in [-0.15, -0.1) is 11.3 Å². The van der Waals surface area contributed by atoms with Crippen molar-refractivity contribution >= 4 is 38.9 Å². The van der Waals surface area contributed by atoms with Gasteiger partial charge >= 0.3 is 0 Å². The van der Waals surface area contributed by atoms with Crippen LogP contribution in [-0.4, -0.2) is 0 Å². The first-order valence-corrected chi connectivity index (χ1v) is 7.37. The zero-order valence-electron chi connectivity index (χ0n) is 9.41. The van der Waals surface area contributed by atoms with Gasteiger partial charge in [0.15, 0.2) is 0 Å². The molecular formula is C13H13BrClNS. The van der Waals surface area contributed by atoms with Gasteiger partial charge in [0.05, 0.1) is 4.34 Å². The number of rotatable bonds is 4. The number of hydrogen-bond acceptors (Lipinski definition) is 2. The highest BCUT2D eigenvalue weighted by molar-refractivity contribution is 9.10. The summed E-state index contributed by atoms with van der Waals surface area (Å²) in [4.78, 5) is 1.26. The minimum absolute atomic E-state index is 0.312. The first-order valence-electron chi connectivity index (χ1n) is 5.39. The fourth-order valence-corrected chi connectivity index (χ4v) is 3.30. The van der Waals surface area contributed by atoms with Crippen LogP contribution in [0.25, 0.3) is 0 Å². The highest BCUT2D eigenvalue weighted by Crippen LogP contribution is 2.25. The van der Waals surface area contributed by atoms with E-state index in [-0.39, 0.29) is 0 Å². The Morgan fingerprint density at radius 2 is 2.06 bits per heavy atom. The lowest BCUT2D eigenvalue weighted by atomic mass is 10.1. The van der Waals surface area contributed by atoms with E-state index >= 15 is 0 Å². The van der Waals surface area contributed by atoms with Crippen LogP contribution in [0.15, 0.2) is 40.9 Å². The molecule has 0 aliphatic rings. The number of nitrogens with one attached hydrogen (secondary N) is 1. The summed E-state index contributed by atoms with van der Waals surface area (Å²) in [6, 6.07) is 12.6. The third-order valence-corrected chi connectivity index (χ3v) is 4.54. The number of thiophene rings is 1. The van der Waals surface area contributed by atoms with Crippen molar-refractivity contribution in [2.75, 3.05) is 0 Å². The zero-order valence-corrected chi connectivity index (χ0v) is 12.6. The lowest BCUT2D eigenvalue weighted by molar-refractivity contribution is 0.577.